The fourth-order valence-electron chi connectivity index (χ4n) is 1.96. The quantitative estimate of drug-likeness (QED) is 0.611. The summed E-state index contributed by atoms with van der Waals surface area (Å²) < 4.78 is 37.6. The number of carboxylic acids is 1. The van der Waals surface area contributed by atoms with Crippen molar-refractivity contribution in [1.82, 2.24) is 10.0 Å². The van der Waals surface area contributed by atoms with E-state index in [1.807, 2.05) is 0 Å². The Balaban J connectivity index is 1.94. The molecule has 24 heavy (non-hydrogen) atoms. The lowest BCUT2D eigenvalue weighted by Crippen LogP contribution is -2.33. The van der Waals surface area contributed by atoms with Crippen molar-refractivity contribution in [2.75, 3.05) is 26.3 Å². The average molecular weight is 358 g/mol. The summed E-state index contributed by atoms with van der Waals surface area (Å²) in [6.07, 6.45) is 0.539. The second-order valence-corrected chi connectivity index (χ2v) is 6.74. The summed E-state index contributed by atoms with van der Waals surface area (Å²) in [6, 6.07) is 4.28. The molecule has 1 aliphatic heterocycles. The lowest BCUT2D eigenvalue weighted by Gasteiger charge is -2.10. The zero-order valence-electron chi connectivity index (χ0n) is 12.8. The maximum Gasteiger partial charge on any atom is 0.322 e. The summed E-state index contributed by atoms with van der Waals surface area (Å²) in [4.78, 5) is 21.7. The fraction of sp³-hybridized carbons (Fsp3) is 0.429. The molecule has 0 unspecified atom stereocenters. The molecule has 1 aromatic rings. The molecule has 9 nitrogen and oxygen atoms in total. The van der Waals surface area contributed by atoms with E-state index in [1.54, 1.807) is 0 Å². The molecule has 1 heterocycles. The fourth-order valence-corrected chi connectivity index (χ4v) is 3.00. The molecule has 0 aliphatic carbocycles. The standard InChI is InChI=1S/C14H18N2O7S/c17-13(15-9-14(18)19)4-5-16-24(20,21)10-2-3-11-12(8-10)23-7-1-6-22-11/h2-3,8,16H,1,4-7,9H2,(H,15,17)(H,18,19). The smallest absolute Gasteiger partial charge is 0.322 e. The molecule has 1 amide bonds. The van der Waals surface area contributed by atoms with Gasteiger partial charge in [0.05, 0.1) is 18.1 Å². The molecule has 0 spiro atoms. The van der Waals surface area contributed by atoms with E-state index in [1.165, 1.54) is 18.2 Å². The molecule has 2 rings (SSSR count). The second-order valence-electron chi connectivity index (χ2n) is 4.98. The first kappa shape index (κ1) is 18.0. The lowest BCUT2D eigenvalue weighted by molar-refractivity contribution is -0.137. The van der Waals surface area contributed by atoms with Gasteiger partial charge in [0.1, 0.15) is 6.54 Å². The number of carbonyl (C=O) groups excluding carboxylic acids is 1. The van der Waals surface area contributed by atoms with Crippen LogP contribution in [0.2, 0.25) is 0 Å². The van der Waals surface area contributed by atoms with Crippen LogP contribution < -0.4 is 19.5 Å². The van der Waals surface area contributed by atoms with Gasteiger partial charge in [-0.2, -0.15) is 0 Å². The number of sulfonamides is 1. The van der Waals surface area contributed by atoms with Crippen LogP contribution in [0.3, 0.4) is 0 Å². The highest BCUT2D eigenvalue weighted by Gasteiger charge is 2.18. The van der Waals surface area contributed by atoms with Gasteiger partial charge in [0, 0.05) is 25.5 Å². The van der Waals surface area contributed by atoms with Gasteiger partial charge in [-0.25, -0.2) is 13.1 Å². The Morgan fingerprint density at radius 1 is 1.17 bits per heavy atom. The van der Waals surface area contributed by atoms with Crippen molar-refractivity contribution in [1.29, 1.82) is 0 Å². The molecule has 132 valence electrons. The van der Waals surface area contributed by atoms with E-state index < -0.39 is 28.4 Å². The number of ether oxygens (including phenoxy) is 2. The maximum absolute atomic E-state index is 12.2. The van der Waals surface area contributed by atoms with Crippen molar-refractivity contribution in [2.45, 2.75) is 17.7 Å². The van der Waals surface area contributed by atoms with E-state index in [0.29, 0.717) is 31.1 Å². The van der Waals surface area contributed by atoms with Gasteiger partial charge < -0.3 is 19.9 Å². The Labute approximate surface area is 139 Å². The van der Waals surface area contributed by atoms with Crippen LogP contribution in [0, 0.1) is 0 Å². The Morgan fingerprint density at radius 3 is 2.58 bits per heavy atom. The van der Waals surface area contributed by atoms with Gasteiger partial charge in [-0.1, -0.05) is 0 Å². The van der Waals surface area contributed by atoms with Crippen LogP contribution >= 0.6 is 0 Å². The van der Waals surface area contributed by atoms with Crippen LogP contribution in [0.1, 0.15) is 12.8 Å². The summed E-state index contributed by atoms with van der Waals surface area (Å²) in [5, 5.41) is 10.6. The molecule has 0 saturated carbocycles. The van der Waals surface area contributed by atoms with Crippen molar-refractivity contribution >= 4 is 21.9 Å². The Hall–Kier alpha value is -2.33. The number of hydrogen-bond donors (Lipinski definition) is 3. The number of carboxylic acid groups (broad SMARTS) is 1. The van der Waals surface area contributed by atoms with E-state index >= 15 is 0 Å². The number of amides is 1. The predicted molar refractivity (Wildman–Crippen MR) is 82.5 cm³/mol. The van der Waals surface area contributed by atoms with Crippen molar-refractivity contribution in [3.63, 3.8) is 0 Å². The zero-order chi connectivity index (χ0) is 17.6. The number of rotatable bonds is 7. The second kappa shape index (κ2) is 7.97. The number of nitrogens with one attached hydrogen (secondary N) is 2. The number of hydrogen-bond acceptors (Lipinski definition) is 6. The number of aliphatic carboxylic acids is 1. The molecule has 0 bridgehead atoms. The minimum Gasteiger partial charge on any atom is -0.490 e. The maximum atomic E-state index is 12.2. The highest BCUT2D eigenvalue weighted by Crippen LogP contribution is 2.31. The minimum absolute atomic E-state index is 0.00214. The summed E-state index contributed by atoms with van der Waals surface area (Å²) in [5.41, 5.74) is 0. The van der Waals surface area contributed by atoms with E-state index in [0.717, 1.165) is 0 Å². The third-order valence-corrected chi connectivity index (χ3v) is 4.57. The zero-order valence-corrected chi connectivity index (χ0v) is 13.6. The highest BCUT2D eigenvalue weighted by atomic mass is 32.2. The third kappa shape index (κ3) is 5.10. The summed E-state index contributed by atoms with van der Waals surface area (Å²) in [5.74, 6) is -0.885. The first-order valence-corrected chi connectivity index (χ1v) is 8.74. The van der Waals surface area contributed by atoms with Crippen molar-refractivity contribution in [3.8, 4) is 11.5 Å². The Bertz CT molecular complexity index is 718. The molecule has 10 heteroatoms. The lowest BCUT2D eigenvalue weighted by atomic mass is 10.3. The molecule has 0 atom stereocenters. The topological polar surface area (TPSA) is 131 Å². The van der Waals surface area contributed by atoms with Crippen LogP contribution in [0.25, 0.3) is 0 Å². The van der Waals surface area contributed by atoms with Gasteiger partial charge >= 0.3 is 5.97 Å². The molecular formula is C14H18N2O7S. The number of benzene rings is 1. The van der Waals surface area contributed by atoms with Crippen LogP contribution in [0.15, 0.2) is 23.1 Å². The number of carbonyl (C=O) groups is 2. The van der Waals surface area contributed by atoms with Crippen LogP contribution in [0.4, 0.5) is 0 Å². The Kier molecular flexibility index (Phi) is 5.99. The largest absolute Gasteiger partial charge is 0.490 e. The van der Waals surface area contributed by atoms with Crippen LogP contribution in [-0.4, -0.2) is 51.7 Å². The monoisotopic (exact) mass is 358 g/mol. The summed E-state index contributed by atoms with van der Waals surface area (Å²) in [7, 11) is -3.81. The SMILES string of the molecule is O=C(O)CNC(=O)CCNS(=O)(=O)c1ccc2c(c1)OCCCO2. The highest BCUT2D eigenvalue weighted by molar-refractivity contribution is 7.89. The van der Waals surface area contributed by atoms with Crippen LogP contribution in [0.5, 0.6) is 11.5 Å². The van der Waals surface area contributed by atoms with E-state index in [4.69, 9.17) is 14.6 Å². The van der Waals surface area contributed by atoms with Gasteiger partial charge in [-0.15, -0.1) is 0 Å². The molecule has 0 aromatic heterocycles. The first-order valence-electron chi connectivity index (χ1n) is 7.26. The van der Waals surface area contributed by atoms with Gasteiger partial charge in [-0.05, 0) is 12.1 Å². The third-order valence-electron chi connectivity index (χ3n) is 3.11. The van der Waals surface area contributed by atoms with Gasteiger partial charge in [0.2, 0.25) is 15.9 Å². The van der Waals surface area contributed by atoms with Gasteiger partial charge in [0.25, 0.3) is 0 Å². The average Bonchev–Trinajstić information content (AvgIpc) is 2.77. The molecule has 0 fully saturated rings. The van der Waals surface area contributed by atoms with E-state index in [-0.39, 0.29) is 17.9 Å². The number of fused-ring (bicyclic) bond motifs is 1. The Morgan fingerprint density at radius 2 is 1.88 bits per heavy atom. The van der Waals surface area contributed by atoms with Crippen molar-refractivity contribution in [2.24, 2.45) is 0 Å². The van der Waals surface area contributed by atoms with E-state index in [2.05, 4.69) is 10.0 Å². The predicted octanol–water partition coefficient (Wildman–Crippen LogP) is -0.283. The van der Waals surface area contributed by atoms with E-state index in [9.17, 15) is 18.0 Å². The molecule has 1 aliphatic rings. The normalized spacial score (nSPS) is 13.8. The van der Waals surface area contributed by atoms with Gasteiger partial charge in [0.15, 0.2) is 11.5 Å². The van der Waals surface area contributed by atoms with Crippen LogP contribution in [-0.2, 0) is 19.6 Å². The summed E-state index contributed by atoms with van der Waals surface area (Å²) in [6.45, 7) is 0.284. The first-order chi connectivity index (χ1) is 11.4. The summed E-state index contributed by atoms with van der Waals surface area (Å²) >= 11 is 0. The van der Waals surface area contributed by atoms with Crippen molar-refractivity contribution in [3.05, 3.63) is 18.2 Å². The minimum atomic E-state index is -3.81. The van der Waals surface area contributed by atoms with Gasteiger partial charge in [-0.3, -0.25) is 9.59 Å². The molecule has 0 radical (unpaired) electrons. The molecule has 0 saturated heterocycles. The molecular weight excluding hydrogens is 340 g/mol. The molecule has 1 aromatic carbocycles. The van der Waals surface area contributed by atoms with Crippen molar-refractivity contribution < 1.29 is 32.6 Å². The molecule has 3 N–H and O–H groups in total.